The monoisotopic (exact) mass is 198 g/mol. The molecule has 0 bridgehead atoms. The predicted molar refractivity (Wildman–Crippen MR) is 52.9 cm³/mol. The zero-order chi connectivity index (χ0) is 10.1. The first-order valence-corrected chi connectivity index (χ1v) is 5.41. The number of likely N-dealkylation sites (tertiary alicyclic amines) is 1. The van der Waals surface area contributed by atoms with Crippen LogP contribution in [-0.2, 0) is 4.79 Å². The summed E-state index contributed by atoms with van der Waals surface area (Å²) in [4.78, 5) is 13.2. The summed E-state index contributed by atoms with van der Waals surface area (Å²) in [5.41, 5.74) is 5.49. The van der Waals surface area contributed by atoms with Crippen LogP contribution in [0.15, 0.2) is 0 Å². The summed E-state index contributed by atoms with van der Waals surface area (Å²) in [6.07, 6.45) is 3.49. The van der Waals surface area contributed by atoms with Crippen molar-refractivity contribution in [1.82, 2.24) is 4.90 Å². The van der Waals surface area contributed by atoms with Crippen LogP contribution in [0.4, 0.5) is 0 Å². The number of nitrogens with two attached hydrogens (primary N) is 1. The van der Waals surface area contributed by atoms with Gasteiger partial charge in [0, 0.05) is 19.6 Å². The third-order valence-electron chi connectivity index (χ3n) is 3.66. The number of aliphatic carboxylic acids is 1. The third kappa shape index (κ3) is 1.53. The van der Waals surface area contributed by atoms with Crippen molar-refractivity contribution in [2.75, 3.05) is 19.6 Å². The molecule has 4 nitrogen and oxygen atoms in total. The number of carboxylic acid groups (broad SMARTS) is 1. The summed E-state index contributed by atoms with van der Waals surface area (Å²) in [5, 5.41) is 9.17. The second kappa shape index (κ2) is 3.87. The van der Waals surface area contributed by atoms with Crippen LogP contribution < -0.4 is 5.73 Å². The number of fused-ring (bicyclic) bond motifs is 1. The summed E-state index contributed by atoms with van der Waals surface area (Å²) in [6.45, 7) is 2.23. The number of rotatable bonds is 3. The Morgan fingerprint density at radius 3 is 2.93 bits per heavy atom. The summed E-state index contributed by atoms with van der Waals surface area (Å²) in [5.74, 6) is 0.342. The molecule has 2 fully saturated rings. The van der Waals surface area contributed by atoms with Gasteiger partial charge in [0.1, 0.15) is 6.04 Å². The lowest BCUT2D eigenvalue weighted by atomic mass is 9.94. The van der Waals surface area contributed by atoms with Crippen LogP contribution in [0.3, 0.4) is 0 Å². The van der Waals surface area contributed by atoms with Gasteiger partial charge in [-0.3, -0.25) is 9.69 Å². The van der Waals surface area contributed by atoms with E-state index >= 15 is 0 Å². The zero-order valence-electron chi connectivity index (χ0n) is 8.35. The van der Waals surface area contributed by atoms with Crippen molar-refractivity contribution in [3.05, 3.63) is 0 Å². The number of hydrogen-bond acceptors (Lipinski definition) is 3. The average Bonchev–Trinajstić information content (AvgIpc) is 2.62. The van der Waals surface area contributed by atoms with Crippen LogP contribution in [0.25, 0.3) is 0 Å². The predicted octanol–water partition coefficient (Wildman–Crippen LogP) is 0.130. The smallest absolute Gasteiger partial charge is 0.321 e. The number of carbonyl (C=O) groups is 1. The van der Waals surface area contributed by atoms with Gasteiger partial charge in [-0.25, -0.2) is 0 Å². The highest BCUT2D eigenvalue weighted by Crippen LogP contribution is 2.41. The first-order valence-electron chi connectivity index (χ1n) is 5.41. The normalized spacial score (nSPS) is 37.4. The molecule has 0 radical (unpaired) electrons. The minimum atomic E-state index is -0.659. The van der Waals surface area contributed by atoms with E-state index in [1.165, 1.54) is 12.8 Å². The number of nitrogens with zero attached hydrogens (tertiary/aromatic N) is 1. The lowest BCUT2D eigenvalue weighted by Gasteiger charge is -2.23. The Morgan fingerprint density at radius 1 is 1.50 bits per heavy atom. The second-order valence-corrected chi connectivity index (χ2v) is 4.42. The summed E-state index contributed by atoms with van der Waals surface area (Å²) >= 11 is 0. The average molecular weight is 198 g/mol. The van der Waals surface area contributed by atoms with Crippen molar-refractivity contribution in [3.63, 3.8) is 0 Å². The minimum absolute atomic E-state index is 0.258. The molecule has 1 aliphatic heterocycles. The lowest BCUT2D eigenvalue weighted by molar-refractivity contribution is -0.143. The molecule has 0 amide bonds. The quantitative estimate of drug-likeness (QED) is 0.676. The van der Waals surface area contributed by atoms with Gasteiger partial charge in [0.15, 0.2) is 0 Å². The fourth-order valence-corrected chi connectivity index (χ4v) is 3.13. The Hall–Kier alpha value is -0.610. The molecule has 2 rings (SSSR count). The summed E-state index contributed by atoms with van der Waals surface area (Å²) < 4.78 is 0. The molecule has 0 spiro atoms. The molecule has 3 atom stereocenters. The van der Waals surface area contributed by atoms with Crippen molar-refractivity contribution < 1.29 is 9.90 Å². The maximum absolute atomic E-state index is 11.1. The Bertz CT molecular complexity index is 232. The van der Waals surface area contributed by atoms with E-state index in [1.807, 2.05) is 0 Å². The van der Waals surface area contributed by atoms with Crippen molar-refractivity contribution in [2.24, 2.45) is 17.6 Å². The molecule has 1 heterocycles. The molecular formula is C10H18N2O2. The molecule has 4 heteroatoms. The van der Waals surface area contributed by atoms with Crippen LogP contribution in [0.1, 0.15) is 19.3 Å². The van der Waals surface area contributed by atoms with Gasteiger partial charge in [0.2, 0.25) is 0 Å². The van der Waals surface area contributed by atoms with Gasteiger partial charge >= 0.3 is 5.97 Å². The molecule has 80 valence electrons. The molecule has 0 aromatic carbocycles. The van der Waals surface area contributed by atoms with E-state index in [1.54, 1.807) is 0 Å². The van der Waals surface area contributed by atoms with E-state index in [9.17, 15) is 9.90 Å². The van der Waals surface area contributed by atoms with E-state index in [0.717, 1.165) is 19.5 Å². The second-order valence-electron chi connectivity index (χ2n) is 4.42. The van der Waals surface area contributed by atoms with Gasteiger partial charge in [0.25, 0.3) is 0 Å². The van der Waals surface area contributed by atoms with Crippen LogP contribution in [0, 0.1) is 11.8 Å². The maximum Gasteiger partial charge on any atom is 0.321 e. The molecule has 3 N–H and O–H groups in total. The van der Waals surface area contributed by atoms with Crippen molar-refractivity contribution >= 4 is 5.97 Å². The molecular weight excluding hydrogens is 180 g/mol. The molecule has 1 saturated carbocycles. The fraction of sp³-hybridized carbons (Fsp3) is 0.900. The molecule has 1 aliphatic carbocycles. The highest BCUT2D eigenvalue weighted by Gasteiger charge is 2.47. The first kappa shape index (κ1) is 9.93. The molecule has 14 heavy (non-hydrogen) atoms. The number of carboxylic acids is 1. The van der Waals surface area contributed by atoms with E-state index < -0.39 is 5.97 Å². The van der Waals surface area contributed by atoms with Crippen molar-refractivity contribution in [3.8, 4) is 0 Å². The van der Waals surface area contributed by atoms with Gasteiger partial charge < -0.3 is 10.8 Å². The van der Waals surface area contributed by atoms with Crippen LogP contribution in [0.2, 0.25) is 0 Å². The van der Waals surface area contributed by atoms with E-state index in [4.69, 9.17) is 5.73 Å². The fourth-order valence-electron chi connectivity index (χ4n) is 3.13. The van der Waals surface area contributed by atoms with Gasteiger partial charge in [0.05, 0.1) is 0 Å². The third-order valence-corrected chi connectivity index (χ3v) is 3.66. The van der Waals surface area contributed by atoms with Crippen LogP contribution >= 0.6 is 0 Å². The van der Waals surface area contributed by atoms with Gasteiger partial charge in [-0.1, -0.05) is 6.42 Å². The summed E-state index contributed by atoms with van der Waals surface area (Å²) in [7, 11) is 0. The van der Waals surface area contributed by atoms with Gasteiger partial charge in [-0.05, 0) is 24.7 Å². The van der Waals surface area contributed by atoms with Gasteiger partial charge in [-0.15, -0.1) is 0 Å². The van der Waals surface area contributed by atoms with E-state index in [0.29, 0.717) is 18.4 Å². The summed E-state index contributed by atoms with van der Waals surface area (Å²) in [6, 6.07) is -0.258. The maximum atomic E-state index is 11.1. The Kier molecular flexibility index (Phi) is 2.74. The zero-order valence-corrected chi connectivity index (χ0v) is 8.35. The standard InChI is InChI=1S/C10H18N2O2/c11-4-5-12-6-7-2-1-3-8(7)9(12)10(13)14/h7-9H,1-6,11H2,(H,13,14). The SMILES string of the molecule is NCCN1CC2CCCC2C1C(=O)O. The highest BCUT2D eigenvalue weighted by molar-refractivity contribution is 5.74. The first-order chi connectivity index (χ1) is 6.74. The highest BCUT2D eigenvalue weighted by atomic mass is 16.4. The lowest BCUT2D eigenvalue weighted by Crippen LogP contribution is -2.41. The van der Waals surface area contributed by atoms with Crippen molar-refractivity contribution in [1.29, 1.82) is 0 Å². The Balaban J connectivity index is 2.09. The van der Waals surface area contributed by atoms with Crippen LogP contribution in [0.5, 0.6) is 0 Å². The van der Waals surface area contributed by atoms with E-state index in [2.05, 4.69) is 4.90 Å². The molecule has 1 saturated heterocycles. The minimum Gasteiger partial charge on any atom is -0.480 e. The Morgan fingerprint density at radius 2 is 2.29 bits per heavy atom. The van der Waals surface area contributed by atoms with E-state index in [-0.39, 0.29) is 6.04 Å². The number of hydrogen-bond donors (Lipinski definition) is 2. The molecule has 0 aromatic rings. The molecule has 0 aromatic heterocycles. The van der Waals surface area contributed by atoms with Crippen molar-refractivity contribution in [2.45, 2.75) is 25.3 Å². The van der Waals surface area contributed by atoms with Gasteiger partial charge in [-0.2, -0.15) is 0 Å². The topological polar surface area (TPSA) is 66.6 Å². The molecule has 2 aliphatic rings. The van der Waals surface area contributed by atoms with Crippen LogP contribution in [-0.4, -0.2) is 41.7 Å². The molecule has 3 unspecified atom stereocenters. The Labute approximate surface area is 84.1 Å². The largest absolute Gasteiger partial charge is 0.480 e.